The van der Waals surface area contributed by atoms with Gasteiger partial charge in [0.15, 0.2) is 0 Å². The molecule has 16 aromatic carbocycles. The molecular formula is C112H97B2N5O. The van der Waals surface area contributed by atoms with Gasteiger partial charge in [-0.05, 0) is 190 Å². The molecular weight excluding hydrogens is 1450 g/mol. The number of para-hydroxylation sites is 9. The molecule has 8 heteroatoms. The predicted octanol–water partition coefficient (Wildman–Crippen LogP) is 27.0. The summed E-state index contributed by atoms with van der Waals surface area (Å²) in [4.78, 5) is 12.7. The third-order valence-corrected chi connectivity index (χ3v) is 25.1. The van der Waals surface area contributed by atoms with E-state index in [1.165, 1.54) is 44.1 Å². The van der Waals surface area contributed by atoms with Gasteiger partial charge in [0.05, 0.1) is 34.1 Å². The van der Waals surface area contributed by atoms with Gasteiger partial charge in [-0.1, -0.05) is 350 Å². The minimum absolute atomic E-state index is 0.0136. The maximum absolute atomic E-state index is 8.14. The lowest BCUT2D eigenvalue weighted by atomic mass is 9.30. The minimum atomic E-state index is -0.285. The Hall–Kier alpha value is -13.6. The Morgan fingerprint density at radius 2 is 0.550 bits per heavy atom. The molecule has 6 nitrogen and oxygen atoms in total. The first-order chi connectivity index (χ1) is 58.1. The normalized spacial score (nSPS) is 13.2. The molecule has 4 aliphatic rings. The van der Waals surface area contributed by atoms with Crippen LogP contribution in [0, 0.1) is 0 Å². The molecule has 0 saturated carbocycles. The molecule has 0 unspecified atom stereocenters. The smallest absolute Gasteiger partial charge is 0.256 e. The number of anilines is 15. The largest absolute Gasteiger partial charge is 0.458 e. The minimum Gasteiger partial charge on any atom is -0.458 e. The zero-order valence-corrected chi connectivity index (χ0v) is 70.5. The molecule has 0 radical (unpaired) electrons. The summed E-state index contributed by atoms with van der Waals surface area (Å²) in [5, 5.41) is 0. The van der Waals surface area contributed by atoms with Crippen LogP contribution < -0.4 is 62.0 Å². The Morgan fingerprint density at radius 3 is 0.967 bits per heavy atom. The topological polar surface area (TPSA) is 25.4 Å². The van der Waals surface area contributed by atoms with Crippen molar-refractivity contribution in [2.24, 2.45) is 0 Å². The molecule has 0 amide bonds. The van der Waals surface area contributed by atoms with Crippen molar-refractivity contribution in [1.29, 1.82) is 0 Å². The average Bonchev–Trinajstić information content (AvgIpc) is 0.682. The lowest BCUT2D eigenvalue weighted by Crippen LogP contribution is -2.64. The van der Waals surface area contributed by atoms with E-state index in [4.69, 9.17) is 4.74 Å². The van der Waals surface area contributed by atoms with E-state index in [1.54, 1.807) is 0 Å². The number of benzene rings is 16. The van der Waals surface area contributed by atoms with Crippen LogP contribution in [0.4, 0.5) is 85.3 Å². The number of hydrogen-bond donors (Lipinski definition) is 0. The van der Waals surface area contributed by atoms with E-state index < -0.39 is 0 Å². The van der Waals surface area contributed by atoms with Crippen LogP contribution in [0.25, 0.3) is 44.5 Å². The van der Waals surface area contributed by atoms with Crippen molar-refractivity contribution in [2.45, 2.75) is 105 Å². The Labute approximate surface area is 709 Å². The zero-order chi connectivity index (χ0) is 82.1. The molecule has 20 rings (SSSR count). The van der Waals surface area contributed by atoms with E-state index in [-0.39, 0.29) is 35.1 Å². The second-order valence-corrected chi connectivity index (χ2v) is 36.9. The number of nitrogens with zero attached hydrogens (tertiary/aromatic N) is 5. The quantitative estimate of drug-likeness (QED) is 0.107. The van der Waals surface area contributed by atoms with Gasteiger partial charge in [-0.2, -0.15) is 0 Å². The third kappa shape index (κ3) is 13.1. The van der Waals surface area contributed by atoms with Crippen LogP contribution in [-0.2, 0) is 21.7 Å². The van der Waals surface area contributed by atoms with Crippen LogP contribution in [0.1, 0.15) is 105 Å². The van der Waals surface area contributed by atoms with Gasteiger partial charge in [0.2, 0.25) is 0 Å². The molecule has 0 N–H and O–H groups in total. The van der Waals surface area contributed by atoms with Crippen molar-refractivity contribution in [3.8, 4) is 56.0 Å². The van der Waals surface area contributed by atoms with Crippen LogP contribution >= 0.6 is 0 Å². The van der Waals surface area contributed by atoms with Crippen molar-refractivity contribution in [3.63, 3.8) is 0 Å². The molecule has 0 bridgehead atoms. The molecule has 0 spiro atoms. The van der Waals surface area contributed by atoms with E-state index in [1.807, 2.05) is 0 Å². The summed E-state index contributed by atoms with van der Waals surface area (Å²) in [6.45, 7) is 26.9. The van der Waals surface area contributed by atoms with Crippen molar-refractivity contribution in [2.75, 3.05) is 24.5 Å². The summed E-state index contributed by atoms with van der Waals surface area (Å²) in [7, 11) is 0. The second-order valence-electron chi connectivity index (χ2n) is 36.9. The van der Waals surface area contributed by atoms with Crippen molar-refractivity contribution >= 4 is 132 Å². The van der Waals surface area contributed by atoms with Gasteiger partial charge < -0.3 is 29.2 Å². The van der Waals surface area contributed by atoms with Crippen molar-refractivity contribution < 1.29 is 4.74 Å². The molecule has 0 fully saturated rings. The van der Waals surface area contributed by atoms with E-state index in [2.05, 4.69) is 478 Å². The molecule has 120 heavy (non-hydrogen) atoms. The summed E-state index contributed by atoms with van der Waals surface area (Å²) in [5.41, 5.74) is 37.0. The second kappa shape index (κ2) is 29.2. The van der Waals surface area contributed by atoms with E-state index in [9.17, 15) is 0 Å². The van der Waals surface area contributed by atoms with Gasteiger partial charge in [0, 0.05) is 85.6 Å². The standard InChI is InChI=1S/C112H97B2N5O/c1-109(2,3)78-60-52-74(53-61-78)87-40-22-28-46-95(87)115(82-34-16-13-17-35-82)85-68-102-107-103(69-85)118(97-48-30-24-42-89(97)76-56-64-80(65-57-76)111(7,8)9)99-50-32-26-44-91(99)113(107)93-72-94-105(73-101(93)117(102)84-38-20-15-21-39-84)120-106-71-86(116(83-36-18-14-19-37-83)96-47-29-23-41-88(96)75-54-62-79(63-55-75)110(4,5)6)70-104-108(106)114(94)92-45-27-33-51-100(92)119(104)98-49-31-25-43-90(98)77-58-66-81(67-59-77)112(10,11)12/h13-73H,1-12H3. The number of rotatable bonds is 13. The summed E-state index contributed by atoms with van der Waals surface area (Å²) >= 11 is 0. The average molecular weight is 1550 g/mol. The van der Waals surface area contributed by atoms with Gasteiger partial charge in [0.1, 0.15) is 11.5 Å². The fourth-order valence-electron chi connectivity index (χ4n) is 19.0. The van der Waals surface area contributed by atoms with Crippen LogP contribution in [-0.4, -0.2) is 13.4 Å². The van der Waals surface area contributed by atoms with Gasteiger partial charge in [-0.15, -0.1) is 0 Å². The highest BCUT2D eigenvalue weighted by molar-refractivity contribution is 7.02. The van der Waals surface area contributed by atoms with E-state index >= 15 is 0 Å². The maximum Gasteiger partial charge on any atom is 0.256 e. The first kappa shape index (κ1) is 75.2. The van der Waals surface area contributed by atoms with Gasteiger partial charge in [0.25, 0.3) is 13.4 Å². The number of fused-ring (bicyclic) bond motifs is 8. The van der Waals surface area contributed by atoms with Crippen LogP contribution in [0.3, 0.4) is 0 Å². The molecule has 4 heterocycles. The van der Waals surface area contributed by atoms with Gasteiger partial charge in [-0.3, -0.25) is 0 Å². The Balaban J connectivity index is 0.855. The number of ether oxygens (including phenoxy) is 1. The van der Waals surface area contributed by atoms with E-state index in [0.29, 0.717) is 0 Å². The first-order valence-electron chi connectivity index (χ1n) is 42.4. The monoisotopic (exact) mass is 1550 g/mol. The Bertz CT molecular complexity index is 6620. The highest BCUT2D eigenvalue weighted by atomic mass is 16.5. The third-order valence-electron chi connectivity index (χ3n) is 25.1. The molecule has 0 atom stereocenters. The Kier molecular flexibility index (Phi) is 18.3. The highest BCUT2D eigenvalue weighted by Crippen LogP contribution is 2.55. The fourth-order valence-corrected chi connectivity index (χ4v) is 19.0. The fraction of sp³-hybridized carbons (Fsp3) is 0.143. The maximum atomic E-state index is 8.14. The molecule has 582 valence electrons. The van der Waals surface area contributed by atoms with Crippen molar-refractivity contribution in [3.05, 3.63) is 392 Å². The van der Waals surface area contributed by atoms with Gasteiger partial charge in [-0.25, -0.2) is 0 Å². The van der Waals surface area contributed by atoms with Gasteiger partial charge >= 0.3 is 0 Å². The molecule has 16 aromatic rings. The lowest BCUT2D eigenvalue weighted by molar-refractivity contribution is 0.488. The molecule has 4 aliphatic heterocycles. The summed E-state index contributed by atoms with van der Waals surface area (Å²) in [6.07, 6.45) is 0. The highest BCUT2D eigenvalue weighted by Gasteiger charge is 2.49. The predicted molar refractivity (Wildman–Crippen MR) is 512 cm³/mol. The summed E-state index contributed by atoms with van der Waals surface area (Å²) in [5.74, 6) is 1.60. The number of hydrogen-bond acceptors (Lipinski definition) is 6. The molecule has 0 aliphatic carbocycles. The van der Waals surface area contributed by atoms with Crippen LogP contribution in [0.2, 0.25) is 0 Å². The first-order valence-corrected chi connectivity index (χ1v) is 42.4. The Morgan fingerprint density at radius 1 is 0.225 bits per heavy atom. The zero-order valence-electron chi connectivity index (χ0n) is 70.5. The van der Waals surface area contributed by atoms with Crippen LogP contribution in [0.15, 0.2) is 370 Å². The van der Waals surface area contributed by atoms with E-state index in [0.717, 1.165) is 152 Å². The lowest BCUT2D eigenvalue weighted by Gasteiger charge is -2.46. The van der Waals surface area contributed by atoms with Crippen molar-refractivity contribution in [1.82, 2.24) is 0 Å². The summed E-state index contributed by atoms with van der Waals surface area (Å²) in [6, 6.07) is 139. The SMILES string of the molecule is CC(C)(C)c1ccc(-c2ccccc2N(c2ccccc2)c2cc3c4c(c2)N(c2ccccc2-c2ccc(C(C)(C)C)cc2)c2ccccc2B4c2cc4c(cc2O3)N(c2ccccc2)c2cc(N(c3ccccc3)c3ccccc3-c3ccc(C(C)(C)C)cc3)cc3c2B4c2ccccc2N3c2ccccc2-c2ccc(C(C)(C)C)cc2)cc1. The molecule has 0 saturated heterocycles. The van der Waals surface area contributed by atoms with Crippen LogP contribution in [0.5, 0.6) is 11.5 Å². The molecule has 0 aromatic heterocycles. The summed E-state index contributed by atoms with van der Waals surface area (Å²) < 4.78 is 8.14.